The van der Waals surface area contributed by atoms with Gasteiger partial charge in [-0.3, -0.25) is 4.79 Å². The average molecular weight is 248 g/mol. The summed E-state index contributed by atoms with van der Waals surface area (Å²) < 4.78 is 5.08. The lowest BCUT2D eigenvalue weighted by Crippen LogP contribution is -3.10. The number of hydrogen-bond donors (Lipinski definition) is 2. The van der Waals surface area contributed by atoms with Gasteiger partial charge in [0, 0.05) is 11.8 Å². The number of hydrogen-bond acceptors (Lipinski definition) is 3. The van der Waals surface area contributed by atoms with Crippen LogP contribution in [0, 0.1) is 11.3 Å². The van der Waals surface area contributed by atoms with Gasteiger partial charge in [0.15, 0.2) is 6.54 Å². The van der Waals surface area contributed by atoms with Crippen LogP contribution in [0.25, 0.3) is 0 Å². The Kier molecular flexibility index (Phi) is 5.68. The fourth-order valence-electron chi connectivity index (χ4n) is 1.54. The Labute approximate surface area is 107 Å². The van der Waals surface area contributed by atoms with Crippen molar-refractivity contribution in [1.29, 1.82) is 5.26 Å². The zero-order valence-electron chi connectivity index (χ0n) is 10.7. The van der Waals surface area contributed by atoms with Gasteiger partial charge in [0.05, 0.1) is 33.2 Å². The lowest BCUT2D eigenvalue weighted by atomic mass is 10.3. The van der Waals surface area contributed by atoms with Crippen LogP contribution in [0.1, 0.15) is 6.42 Å². The lowest BCUT2D eigenvalue weighted by molar-refractivity contribution is -0.870. The summed E-state index contributed by atoms with van der Waals surface area (Å²) in [5.74, 6) is 0.636. The molecule has 1 unspecified atom stereocenters. The van der Waals surface area contributed by atoms with Crippen molar-refractivity contribution in [2.24, 2.45) is 0 Å². The molecule has 1 amide bonds. The molecule has 0 aliphatic rings. The topological polar surface area (TPSA) is 66.6 Å². The molecule has 2 N–H and O–H groups in total. The summed E-state index contributed by atoms with van der Waals surface area (Å²) in [5, 5.41) is 11.3. The van der Waals surface area contributed by atoms with Crippen LogP contribution in [0.3, 0.4) is 0 Å². The number of carbonyl (C=O) groups is 1. The Balaban J connectivity index is 2.46. The molecule has 0 fully saturated rings. The van der Waals surface area contributed by atoms with E-state index in [1.807, 2.05) is 25.2 Å². The fourth-order valence-corrected chi connectivity index (χ4v) is 1.54. The van der Waals surface area contributed by atoms with Gasteiger partial charge in [0.25, 0.3) is 5.91 Å². The smallest absolute Gasteiger partial charge is 0.279 e. The van der Waals surface area contributed by atoms with Gasteiger partial charge < -0.3 is 15.0 Å². The van der Waals surface area contributed by atoms with Crippen molar-refractivity contribution in [2.75, 3.05) is 32.6 Å². The summed E-state index contributed by atoms with van der Waals surface area (Å²) in [4.78, 5) is 12.7. The number of amides is 1. The second kappa shape index (κ2) is 7.30. The van der Waals surface area contributed by atoms with E-state index in [-0.39, 0.29) is 5.91 Å². The maximum absolute atomic E-state index is 11.7. The number of anilines is 1. The minimum atomic E-state index is -0.0707. The maximum atomic E-state index is 11.7. The normalized spacial score (nSPS) is 11.4. The summed E-state index contributed by atoms with van der Waals surface area (Å²) >= 11 is 0. The number of carbonyl (C=O) groups excluding carboxylic acids is 1. The van der Waals surface area contributed by atoms with Gasteiger partial charge in [-0.2, -0.15) is 5.26 Å². The number of ether oxygens (including phenoxy) is 1. The molecule has 0 saturated carbocycles. The molecule has 0 saturated heterocycles. The molecule has 1 rings (SSSR count). The Morgan fingerprint density at radius 1 is 1.56 bits per heavy atom. The highest BCUT2D eigenvalue weighted by Gasteiger charge is 2.09. The van der Waals surface area contributed by atoms with Crippen molar-refractivity contribution in [3.8, 4) is 11.8 Å². The van der Waals surface area contributed by atoms with Crippen LogP contribution in [0.15, 0.2) is 24.3 Å². The first-order valence-electron chi connectivity index (χ1n) is 5.78. The van der Waals surface area contributed by atoms with Gasteiger partial charge in [-0.15, -0.1) is 0 Å². The molecule has 0 heterocycles. The van der Waals surface area contributed by atoms with E-state index in [0.29, 0.717) is 30.9 Å². The molecule has 0 spiro atoms. The first-order valence-corrected chi connectivity index (χ1v) is 5.78. The van der Waals surface area contributed by atoms with E-state index in [4.69, 9.17) is 10.00 Å². The summed E-state index contributed by atoms with van der Waals surface area (Å²) in [6, 6.07) is 9.28. The van der Waals surface area contributed by atoms with E-state index in [2.05, 4.69) is 11.4 Å². The molecule has 5 nitrogen and oxygen atoms in total. The zero-order valence-corrected chi connectivity index (χ0v) is 10.7. The molecule has 96 valence electrons. The highest BCUT2D eigenvalue weighted by molar-refractivity contribution is 5.91. The highest BCUT2D eigenvalue weighted by atomic mass is 16.5. The predicted molar refractivity (Wildman–Crippen MR) is 68.5 cm³/mol. The quantitative estimate of drug-likeness (QED) is 0.748. The number of benzene rings is 1. The third-order valence-corrected chi connectivity index (χ3v) is 2.48. The van der Waals surface area contributed by atoms with Gasteiger partial charge in [-0.25, -0.2) is 0 Å². The number of quaternary nitrogens is 1. The first kappa shape index (κ1) is 14.0. The Bertz CT molecular complexity index is 440. The molecule has 1 aromatic rings. The van der Waals surface area contributed by atoms with Crippen molar-refractivity contribution < 1.29 is 14.4 Å². The van der Waals surface area contributed by atoms with Crippen molar-refractivity contribution in [1.82, 2.24) is 0 Å². The van der Waals surface area contributed by atoms with E-state index >= 15 is 0 Å². The van der Waals surface area contributed by atoms with Crippen molar-refractivity contribution >= 4 is 11.6 Å². The molecule has 0 bridgehead atoms. The maximum Gasteiger partial charge on any atom is 0.279 e. The molecular formula is C13H18N3O2+. The van der Waals surface area contributed by atoms with Crippen LogP contribution >= 0.6 is 0 Å². The van der Waals surface area contributed by atoms with Crippen LogP contribution in [0.4, 0.5) is 5.69 Å². The van der Waals surface area contributed by atoms with Crippen LogP contribution in [-0.4, -0.2) is 33.2 Å². The van der Waals surface area contributed by atoms with Crippen molar-refractivity contribution in [3.63, 3.8) is 0 Å². The molecule has 1 aromatic carbocycles. The van der Waals surface area contributed by atoms with Gasteiger partial charge in [-0.05, 0) is 12.1 Å². The average Bonchev–Trinajstić information content (AvgIpc) is 2.36. The molecule has 0 aliphatic heterocycles. The Morgan fingerprint density at radius 2 is 2.33 bits per heavy atom. The molecule has 5 heteroatoms. The number of nitrogens with one attached hydrogen (secondary N) is 2. The third-order valence-electron chi connectivity index (χ3n) is 2.48. The minimum absolute atomic E-state index is 0.0707. The van der Waals surface area contributed by atoms with E-state index in [9.17, 15) is 4.79 Å². The SMILES string of the molecule is COc1cccc(NC(=O)C[NH+](C)CCC#N)c1. The van der Waals surface area contributed by atoms with Gasteiger partial charge in [0.1, 0.15) is 5.75 Å². The monoisotopic (exact) mass is 248 g/mol. The van der Waals surface area contributed by atoms with Crippen molar-refractivity contribution in [2.45, 2.75) is 6.42 Å². The van der Waals surface area contributed by atoms with E-state index in [0.717, 1.165) is 4.90 Å². The summed E-state index contributed by atoms with van der Waals surface area (Å²) in [6.07, 6.45) is 0.457. The zero-order chi connectivity index (χ0) is 13.4. The molecule has 0 aromatic heterocycles. The molecule has 0 aliphatic carbocycles. The lowest BCUT2D eigenvalue weighted by Gasteiger charge is -2.12. The molecular weight excluding hydrogens is 230 g/mol. The first-order chi connectivity index (χ1) is 8.65. The van der Waals surface area contributed by atoms with Gasteiger partial charge >= 0.3 is 0 Å². The number of likely N-dealkylation sites (N-methyl/N-ethyl adjacent to an activating group) is 1. The van der Waals surface area contributed by atoms with Crippen LogP contribution < -0.4 is 15.0 Å². The van der Waals surface area contributed by atoms with Crippen LogP contribution in [0.5, 0.6) is 5.75 Å². The third kappa shape index (κ3) is 4.85. The molecule has 18 heavy (non-hydrogen) atoms. The molecule has 0 radical (unpaired) electrons. The standard InChI is InChI=1S/C13H17N3O2/c1-16(8-4-7-14)10-13(17)15-11-5-3-6-12(9-11)18-2/h3,5-6,9H,4,8,10H2,1-2H3,(H,15,17)/p+1. The van der Waals surface area contributed by atoms with E-state index in [1.165, 1.54) is 0 Å². The summed E-state index contributed by atoms with van der Waals surface area (Å²) in [6.45, 7) is 1.01. The second-order valence-electron chi connectivity index (χ2n) is 4.07. The second-order valence-corrected chi connectivity index (χ2v) is 4.07. The number of methoxy groups -OCH3 is 1. The van der Waals surface area contributed by atoms with E-state index in [1.54, 1.807) is 13.2 Å². The van der Waals surface area contributed by atoms with E-state index < -0.39 is 0 Å². The number of rotatable bonds is 6. The Hall–Kier alpha value is -2.06. The Morgan fingerprint density at radius 3 is 3.00 bits per heavy atom. The minimum Gasteiger partial charge on any atom is -0.497 e. The van der Waals surface area contributed by atoms with Gasteiger partial charge in [-0.1, -0.05) is 6.07 Å². The van der Waals surface area contributed by atoms with Crippen molar-refractivity contribution in [3.05, 3.63) is 24.3 Å². The molecule has 1 atom stereocenters. The number of nitrogens with zero attached hydrogens (tertiary/aromatic N) is 1. The summed E-state index contributed by atoms with van der Waals surface area (Å²) in [7, 11) is 3.48. The predicted octanol–water partition coefficient (Wildman–Crippen LogP) is 0.0621. The van der Waals surface area contributed by atoms with Crippen LogP contribution in [-0.2, 0) is 4.79 Å². The highest BCUT2D eigenvalue weighted by Crippen LogP contribution is 2.16. The fraction of sp³-hybridized carbons (Fsp3) is 0.385. The van der Waals surface area contributed by atoms with Gasteiger partial charge in [0.2, 0.25) is 0 Å². The largest absolute Gasteiger partial charge is 0.497 e. The number of nitriles is 1. The van der Waals surface area contributed by atoms with Crippen LogP contribution in [0.2, 0.25) is 0 Å². The summed E-state index contributed by atoms with van der Waals surface area (Å²) in [5.41, 5.74) is 0.715.